The highest BCUT2D eigenvalue weighted by Crippen LogP contribution is 2.32. The Bertz CT molecular complexity index is 1820. The van der Waals surface area contributed by atoms with Crippen LogP contribution in [0.2, 0.25) is 5.02 Å². The summed E-state index contributed by atoms with van der Waals surface area (Å²) in [6.45, 7) is 1.04. The highest BCUT2D eigenvalue weighted by atomic mass is 35.5. The highest BCUT2D eigenvalue weighted by molar-refractivity contribution is 7.92. The van der Waals surface area contributed by atoms with Crippen LogP contribution in [0.3, 0.4) is 0 Å². The van der Waals surface area contributed by atoms with Crippen molar-refractivity contribution in [3.8, 4) is 5.75 Å². The fourth-order valence-corrected chi connectivity index (χ4v) is 7.63. The molecular formula is C34H33ClF4N4O4S. The van der Waals surface area contributed by atoms with Gasteiger partial charge in [0.15, 0.2) is 9.84 Å². The van der Waals surface area contributed by atoms with Crippen LogP contribution in [-0.4, -0.2) is 51.2 Å². The number of piperazine rings is 1. The quantitative estimate of drug-likeness (QED) is 0.128. The molecule has 48 heavy (non-hydrogen) atoms. The second kappa shape index (κ2) is 14.9. The van der Waals surface area contributed by atoms with Gasteiger partial charge in [-0.2, -0.15) is 0 Å². The first-order valence-corrected chi connectivity index (χ1v) is 16.9. The number of alkyl halides is 3. The van der Waals surface area contributed by atoms with Crippen LogP contribution in [-0.2, 0) is 27.5 Å². The Morgan fingerprint density at radius 1 is 0.958 bits per heavy atom. The van der Waals surface area contributed by atoms with E-state index < -0.39 is 44.6 Å². The molecule has 0 aliphatic carbocycles. The molecule has 1 amide bonds. The minimum absolute atomic E-state index is 0.00683. The van der Waals surface area contributed by atoms with Crippen molar-refractivity contribution < 1.29 is 35.5 Å². The first-order chi connectivity index (χ1) is 22.8. The number of rotatable bonds is 12. The average Bonchev–Trinajstić information content (AvgIpc) is 3.05. The lowest BCUT2D eigenvalue weighted by Gasteiger charge is -2.38. The molecule has 2 atom stereocenters. The van der Waals surface area contributed by atoms with Crippen molar-refractivity contribution in [3.05, 3.63) is 119 Å². The third-order valence-corrected chi connectivity index (χ3v) is 10.6. The molecule has 254 valence electrons. The van der Waals surface area contributed by atoms with Crippen molar-refractivity contribution in [1.82, 2.24) is 10.6 Å². The number of halogens is 5. The zero-order valence-corrected chi connectivity index (χ0v) is 27.1. The second-order valence-corrected chi connectivity index (χ2v) is 14.0. The molecule has 0 bridgehead atoms. The predicted octanol–water partition coefficient (Wildman–Crippen LogP) is 6.34. The standard InChI is InChI=1S/C34H33ClF4N4O4S/c35-24-14-12-23(13-15-24)20-31(32(44)42-25-6-4-7-26(21-25)47-34(37,38)39)43-30-11-5-10-29(36)28(30)16-17-33(22-40-18-19-41-33)48(45,46)27-8-2-1-3-9-27/h1-15,21,31,40-41,43H,16-20,22H2,(H,42,44)/t31-,33-/m0/s1. The lowest BCUT2D eigenvalue weighted by Crippen LogP contribution is -2.63. The molecule has 4 aromatic rings. The second-order valence-electron chi connectivity index (χ2n) is 11.3. The molecule has 4 aromatic carbocycles. The van der Waals surface area contributed by atoms with E-state index in [1.807, 2.05) is 0 Å². The van der Waals surface area contributed by atoms with Gasteiger partial charge in [0.2, 0.25) is 5.91 Å². The van der Waals surface area contributed by atoms with Crippen molar-refractivity contribution in [3.63, 3.8) is 0 Å². The van der Waals surface area contributed by atoms with E-state index in [9.17, 15) is 26.4 Å². The van der Waals surface area contributed by atoms with Gasteiger partial charge in [0, 0.05) is 54.1 Å². The molecule has 0 spiro atoms. The summed E-state index contributed by atoms with van der Waals surface area (Å²) in [6.07, 6.45) is -4.83. The van der Waals surface area contributed by atoms with Crippen molar-refractivity contribution >= 4 is 38.7 Å². The maximum atomic E-state index is 15.6. The first-order valence-electron chi connectivity index (χ1n) is 15.1. The molecule has 1 aliphatic heterocycles. The summed E-state index contributed by atoms with van der Waals surface area (Å²) in [5.74, 6) is -1.73. The SMILES string of the molecule is O=C(Nc1cccc(OC(F)(F)F)c1)[C@H](Cc1ccc(Cl)cc1)Nc1cccc(F)c1CC[C@]1(S(=O)(=O)c2ccccc2)CNCCN1. The van der Waals surface area contributed by atoms with Crippen molar-refractivity contribution in [2.45, 2.75) is 41.4 Å². The van der Waals surface area contributed by atoms with Gasteiger partial charge in [-0.25, -0.2) is 12.8 Å². The van der Waals surface area contributed by atoms with Crippen LogP contribution in [0.5, 0.6) is 5.75 Å². The van der Waals surface area contributed by atoms with Crippen molar-refractivity contribution in [2.24, 2.45) is 0 Å². The van der Waals surface area contributed by atoms with Gasteiger partial charge >= 0.3 is 6.36 Å². The summed E-state index contributed by atoms with van der Waals surface area (Å²) in [5, 5.41) is 12.5. The van der Waals surface area contributed by atoms with Crippen LogP contribution >= 0.6 is 11.6 Å². The van der Waals surface area contributed by atoms with Crippen molar-refractivity contribution in [1.29, 1.82) is 0 Å². The smallest absolute Gasteiger partial charge is 0.406 e. The van der Waals surface area contributed by atoms with E-state index in [1.54, 1.807) is 48.5 Å². The Kier molecular flexibility index (Phi) is 10.9. The molecule has 0 radical (unpaired) electrons. The molecule has 1 saturated heterocycles. The van der Waals surface area contributed by atoms with E-state index in [-0.39, 0.29) is 47.6 Å². The van der Waals surface area contributed by atoms with Crippen LogP contribution in [0.15, 0.2) is 102 Å². The predicted molar refractivity (Wildman–Crippen MR) is 176 cm³/mol. The fraction of sp³-hybridized carbons (Fsp3) is 0.265. The molecule has 1 aliphatic rings. The molecule has 8 nitrogen and oxygen atoms in total. The number of carbonyl (C=O) groups excluding carboxylic acids is 1. The monoisotopic (exact) mass is 704 g/mol. The number of benzene rings is 4. The molecule has 1 fully saturated rings. The normalized spacial score (nSPS) is 17.4. The van der Waals surface area contributed by atoms with Gasteiger partial charge in [0.1, 0.15) is 22.5 Å². The molecule has 14 heteroatoms. The lowest BCUT2D eigenvalue weighted by molar-refractivity contribution is -0.274. The summed E-state index contributed by atoms with van der Waals surface area (Å²) in [5.41, 5.74) is 1.17. The van der Waals surface area contributed by atoms with Crippen LogP contribution in [0, 0.1) is 5.82 Å². The Morgan fingerprint density at radius 2 is 1.69 bits per heavy atom. The van der Waals surface area contributed by atoms with E-state index in [2.05, 4.69) is 26.0 Å². The van der Waals surface area contributed by atoms with Crippen molar-refractivity contribution in [2.75, 3.05) is 30.3 Å². The maximum absolute atomic E-state index is 15.6. The Balaban J connectivity index is 1.43. The van der Waals surface area contributed by atoms with E-state index in [0.29, 0.717) is 23.7 Å². The molecule has 5 rings (SSSR count). The number of carbonyl (C=O) groups is 1. The van der Waals surface area contributed by atoms with E-state index >= 15 is 4.39 Å². The molecular weight excluding hydrogens is 672 g/mol. The molecule has 1 heterocycles. The van der Waals surface area contributed by atoms with Crippen LogP contribution in [0.1, 0.15) is 17.5 Å². The van der Waals surface area contributed by atoms with Gasteiger partial charge < -0.3 is 20.7 Å². The number of anilines is 2. The Labute approximate surface area is 280 Å². The summed E-state index contributed by atoms with van der Waals surface area (Å²) in [4.78, 5) is 12.4. The highest BCUT2D eigenvalue weighted by Gasteiger charge is 2.45. The van der Waals surface area contributed by atoms with Crippen LogP contribution < -0.4 is 26.0 Å². The summed E-state index contributed by atoms with van der Waals surface area (Å²) in [6, 6.07) is 22.9. The number of amides is 1. The van der Waals surface area contributed by atoms with Crippen LogP contribution in [0.4, 0.5) is 28.9 Å². The largest absolute Gasteiger partial charge is 0.573 e. The lowest BCUT2D eigenvalue weighted by atomic mass is 9.99. The zero-order chi connectivity index (χ0) is 34.4. The van der Waals surface area contributed by atoms with Gasteiger partial charge in [0.05, 0.1) is 4.90 Å². The third kappa shape index (κ3) is 8.64. The molecule has 0 aromatic heterocycles. The van der Waals surface area contributed by atoms with Gasteiger partial charge in [-0.1, -0.05) is 54.1 Å². The molecule has 0 saturated carbocycles. The summed E-state index contributed by atoms with van der Waals surface area (Å²) < 4.78 is 85.8. The number of hydrogen-bond donors (Lipinski definition) is 4. The topological polar surface area (TPSA) is 109 Å². The summed E-state index contributed by atoms with van der Waals surface area (Å²) >= 11 is 6.05. The number of nitrogens with one attached hydrogen (secondary N) is 4. The third-order valence-electron chi connectivity index (χ3n) is 7.96. The minimum Gasteiger partial charge on any atom is -0.406 e. The number of ether oxygens (including phenoxy) is 1. The Hall–Kier alpha value is -4.17. The number of sulfone groups is 1. The molecule has 0 unspecified atom stereocenters. The van der Waals surface area contributed by atoms with Gasteiger partial charge in [-0.05, 0) is 66.9 Å². The Morgan fingerprint density at radius 3 is 2.38 bits per heavy atom. The first kappa shape index (κ1) is 35.1. The van der Waals surface area contributed by atoms with Gasteiger partial charge in [0.25, 0.3) is 0 Å². The van der Waals surface area contributed by atoms with Gasteiger partial charge in [-0.15, -0.1) is 13.2 Å². The van der Waals surface area contributed by atoms with E-state index in [4.69, 9.17) is 11.6 Å². The fourth-order valence-electron chi connectivity index (χ4n) is 5.59. The maximum Gasteiger partial charge on any atom is 0.573 e. The number of hydrogen-bond acceptors (Lipinski definition) is 7. The van der Waals surface area contributed by atoms with Crippen LogP contribution in [0.25, 0.3) is 0 Å². The molecule has 4 N–H and O–H groups in total. The average molecular weight is 705 g/mol. The van der Waals surface area contributed by atoms with E-state index in [1.165, 1.54) is 36.4 Å². The minimum atomic E-state index is -4.92. The summed E-state index contributed by atoms with van der Waals surface area (Å²) in [7, 11) is -3.92. The van der Waals surface area contributed by atoms with E-state index in [0.717, 1.165) is 12.1 Å². The van der Waals surface area contributed by atoms with Gasteiger partial charge in [-0.3, -0.25) is 10.1 Å². The zero-order valence-electron chi connectivity index (χ0n) is 25.5.